The molecule has 0 spiro atoms. The normalized spacial score (nSPS) is 12.9. The van der Waals surface area contributed by atoms with E-state index in [1.54, 1.807) is 13.2 Å². The quantitative estimate of drug-likeness (QED) is 0.655. The minimum Gasteiger partial charge on any atom is -0.317 e. The predicted molar refractivity (Wildman–Crippen MR) is 61.2 cm³/mol. The Morgan fingerprint density at radius 1 is 1.71 bits per heavy atom. The van der Waals surface area contributed by atoms with Gasteiger partial charge >= 0.3 is 0 Å². The van der Waals surface area contributed by atoms with Gasteiger partial charge in [-0.1, -0.05) is 0 Å². The van der Waals surface area contributed by atoms with Crippen LogP contribution in [-0.4, -0.2) is 9.12 Å². The summed E-state index contributed by atoms with van der Waals surface area (Å²) < 4.78 is 13.7. The fourth-order valence-corrected chi connectivity index (χ4v) is 2.14. The number of nitrogens with zero attached hydrogens (tertiary/aromatic N) is 1. The molecule has 0 aromatic carbocycles. The lowest BCUT2D eigenvalue weighted by molar-refractivity contribution is 0.626. The second kappa shape index (κ2) is 4.97. The zero-order valence-corrected chi connectivity index (χ0v) is 10.2. The lowest BCUT2D eigenvalue weighted by Gasteiger charge is -2.13. The van der Waals surface area contributed by atoms with Crippen LogP contribution in [0.4, 0.5) is 0 Å². The highest BCUT2D eigenvalue weighted by Gasteiger charge is 2.10. The molecule has 0 fully saturated rings. The Morgan fingerprint density at radius 3 is 2.93 bits per heavy atom. The van der Waals surface area contributed by atoms with Crippen molar-refractivity contribution in [3.63, 3.8) is 0 Å². The van der Waals surface area contributed by atoms with Crippen LogP contribution in [0, 0.1) is 0 Å². The van der Waals surface area contributed by atoms with Crippen LogP contribution >= 0.6 is 28.2 Å². The molecule has 0 amide bonds. The van der Waals surface area contributed by atoms with Crippen molar-refractivity contribution in [2.24, 2.45) is 7.05 Å². The fourth-order valence-electron chi connectivity index (χ4n) is 1.09. The molecule has 1 rings (SSSR count). The maximum Gasteiger partial charge on any atom is 0.250 e. The maximum absolute atomic E-state index is 11.3. The van der Waals surface area contributed by atoms with Crippen LogP contribution in [0.1, 0.15) is 18.5 Å². The van der Waals surface area contributed by atoms with Crippen LogP contribution in [0.5, 0.6) is 0 Å². The fraction of sp³-hybridized carbons (Fsp3) is 0.375. The van der Waals surface area contributed by atoms with Crippen LogP contribution in [-0.2, 0) is 7.05 Å². The molecule has 0 aliphatic carbocycles. The average Bonchev–Trinajstić information content (AvgIpc) is 2.11. The van der Waals surface area contributed by atoms with E-state index in [0.29, 0.717) is 12.2 Å². The smallest absolute Gasteiger partial charge is 0.250 e. The van der Waals surface area contributed by atoms with Crippen LogP contribution in [0.25, 0.3) is 0 Å². The Hall–Kier alpha value is -0.300. The second-order valence-corrected chi connectivity index (χ2v) is 4.23. The number of hydrogen-bond acceptors (Lipinski definition) is 4. The largest absolute Gasteiger partial charge is 0.317 e. The number of pyridine rings is 1. The Balaban J connectivity index is 3.09. The molecule has 78 valence electrons. The summed E-state index contributed by atoms with van der Waals surface area (Å²) in [5, 5.41) is 0. The topological polar surface area (TPSA) is 54.3 Å². The van der Waals surface area contributed by atoms with Gasteiger partial charge in [0.2, 0.25) is 0 Å². The molecule has 0 saturated heterocycles. The van der Waals surface area contributed by atoms with Gasteiger partial charge in [-0.15, -0.1) is 0 Å². The molecule has 0 radical (unpaired) electrons. The minimum atomic E-state index is -0.0896. The summed E-state index contributed by atoms with van der Waals surface area (Å²) in [4.78, 5) is 11.3. The van der Waals surface area contributed by atoms with Gasteiger partial charge in [0, 0.05) is 29.8 Å². The van der Waals surface area contributed by atoms with E-state index in [9.17, 15) is 4.79 Å². The first-order valence-corrected chi connectivity index (χ1v) is 5.55. The molecule has 1 aromatic rings. The summed E-state index contributed by atoms with van der Waals surface area (Å²) in [7, 11) is 1.69. The van der Waals surface area contributed by atoms with Crippen molar-refractivity contribution in [2.75, 3.05) is 0 Å². The average molecular weight is 279 g/mol. The molecular weight excluding hydrogens is 268 g/mol. The van der Waals surface area contributed by atoms with E-state index in [0.717, 1.165) is 10.0 Å². The van der Waals surface area contributed by atoms with Gasteiger partial charge in [0.25, 0.3) is 5.56 Å². The Kier molecular flexibility index (Phi) is 4.18. The zero-order chi connectivity index (χ0) is 10.7. The SMILES string of the molecule is C[C@H](NSO)c1cc(=O)n(C)cc1Br. The highest BCUT2D eigenvalue weighted by Crippen LogP contribution is 2.21. The molecule has 14 heavy (non-hydrogen) atoms. The van der Waals surface area contributed by atoms with Gasteiger partial charge in [0.15, 0.2) is 0 Å². The summed E-state index contributed by atoms with van der Waals surface area (Å²) in [6.45, 7) is 1.86. The van der Waals surface area contributed by atoms with Crippen molar-refractivity contribution >= 4 is 28.2 Å². The molecule has 0 bridgehead atoms. The van der Waals surface area contributed by atoms with Gasteiger partial charge in [-0.25, -0.2) is 4.72 Å². The lowest BCUT2D eigenvalue weighted by Crippen LogP contribution is -2.19. The van der Waals surface area contributed by atoms with Crippen molar-refractivity contribution in [1.29, 1.82) is 0 Å². The third-order valence-electron chi connectivity index (χ3n) is 1.91. The van der Waals surface area contributed by atoms with Gasteiger partial charge in [-0.05, 0) is 28.4 Å². The van der Waals surface area contributed by atoms with E-state index >= 15 is 0 Å². The number of halogens is 1. The summed E-state index contributed by atoms with van der Waals surface area (Å²) in [6.07, 6.45) is 1.71. The zero-order valence-electron chi connectivity index (χ0n) is 7.82. The van der Waals surface area contributed by atoms with Gasteiger partial charge in [0.05, 0.1) is 12.2 Å². The van der Waals surface area contributed by atoms with E-state index in [1.807, 2.05) is 6.92 Å². The van der Waals surface area contributed by atoms with Gasteiger partial charge in [-0.2, -0.15) is 0 Å². The summed E-state index contributed by atoms with van der Waals surface area (Å²) in [5.74, 6) is 0. The third-order valence-corrected chi connectivity index (χ3v) is 3.03. The Morgan fingerprint density at radius 2 is 2.36 bits per heavy atom. The Labute approximate surface area is 94.8 Å². The molecule has 0 unspecified atom stereocenters. The molecule has 0 saturated carbocycles. The molecule has 0 aliphatic rings. The molecule has 1 atom stereocenters. The van der Waals surface area contributed by atoms with Gasteiger partial charge in [-0.3, -0.25) is 4.79 Å². The van der Waals surface area contributed by atoms with E-state index in [-0.39, 0.29) is 11.6 Å². The monoisotopic (exact) mass is 278 g/mol. The highest BCUT2D eigenvalue weighted by atomic mass is 79.9. The van der Waals surface area contributed by atoms with Crippen molar-refractivity contribution in [2.45, 2.75) is 13.0 Å². The predicted octanol–water partition coefficient (Wildman–Crippen LogP) is 1.92. The van der Waals surface area contributed by atoms with Crippen molar-refractivity contribution < 1.29 is 4.55 Å². The van der Waals surface area contributed by atoms with E-state index in [4.69, 9.17) is 4.55 Å². The molecule has 1 aromatic heterocycles. The number of hydrogen-bond donors (Lipinski definition) is 2. The highest BCUT2D eigenvalue weighted by molar-refractivity contribution is 9.10. The van der Waals surface area contributed by atoms with Crippen molar-refractivity contribution in [1.82, 2.24) is 9.29 Å². The summed E-state index contributed by atoms with van der Waals surface area (Å²) >= 11 is 3.90. The van der Waals surface area contributed by atoms with E-state index in [1.165, 1.54) is 10.6 Å². The number of aromatic nitrogens is 1. The standard InChI is InChI=1S/C8H11BrN2O2S/c1-5(10-14-13)6-3-8(12)11(2)4-7(6)9/h3-5,10,13H,1-2H3/t5-/m0/s1. The molecule has 4 nitrogen and oxygen atoms in total. The van der Waals surface area contributed by atoms with Crippen LogP contribution < -0.4 is 10.3 Å². The maximum atomic E-state index is 11.3. The van der Waals surface area contributed by atoms with Crippen molar-refractivity contribution in [3.8, 4) is 0 Å². The Bertz CT molecular complexity index is 380. The first-order valence-electron chi connectivity index (χ1n) is 3.98. The van der Waals surface area contributed by atoms with Crippen molar-refractivity contribution in [3.05, 3.63) is 32.7 Å². The molecule has 6 heteroatoms. The number of nitrogens with one attached hydrogen (secondary N) is 1. The molecular formula is C8H11BrN2O2S. The van der Waals surface area contributed by atoms with Crippen LogP contribution in [0.2, 0.25) is 0 Å². The second-order valence-electron chi connectivity index (χ2n) is 2.96. The third kappa shape index (κ3) is 2.60. The van der Waals surface area contributed by atoms with Crippen LogP contribution in [0.15, 0.2) is 21.5 Å². The lowest BCUT2D eigenvalue weighted by atomic mass is 10.1. The molecule has 2 N–H and O–H groups in total. The number of aryl methyl sites for hydroxylation is 1. The summed E-state index contributed by atoms with van der Waals surface area (Å²) in [6, 6.07) is 1.45. The van der Waals surface area contributed by atoms with Crippen LogP contribution in [0.3, 0.4) is 0 Å². The first-order chi connectivity index (χ1) is 6.56. The number of rotatable bonds is 3. The summed E-state index contributed by atoms with van der Waals surface area (Å²) in [5.41, 5.74) is 0.759. The molecule has 1 heterocycles. The van der Waals surface area contributed by atoms with Gasteiger partial charge in [0.1, 0.15) is 0 Å². The van der Waals surface area contributed by atoms with E-state index < -0.39 is 0 Å². The molecule has 0 aliphatic heterocycles. The van der Waals surface area contributed by atoms with Gasteiger partial charge < -0.3 is 9.12 Å². The van der Waals surface area contributed by atoms with E-state index in [2.05, 4.69) is 20.7 Å². The first kappa shape index (κ1) is 11.8. The minimum absolute atomic E-state index is 0.0696.